The summed E-state index contributed by atoms with van der Waals surface area (Å²) in [7, 11) is 0. The Bertz CT molecular complexity index is 1040. The van der Waals surface area contributed by atoms with Crippen LogP contribution in [-0.2, 0) is 11.2 Å². The van der Waals surface area contributed by atoms with E-state index >= 15 is 0 Å². The first-order valence-electron chi connectivity index (χ1n) is 10.1. The zero-order valence-electron chi connectivity index (χ0n) is 17.5. The lowest BCUT2D eigenvalue weighted by Crippen LogP contribution is -2.09. The first kappa shape index (κ1) is 22.5. The highest BCUT2D eigenvalue weighted by atomic mass is 32.2. The second-order valence-electron chi connectivity index (χ2n) is 6.90. The van der Waals surface area contributed by atoms with E-state index in [2.05, 4.69) is 54.8 Å². The van der Waals surface area contributed by atoms with E-state index in [9.17, 15) is 4.79 Å². The van der Waals surface area contributed by atoms with E-state index in [0.29, 0.717) is 11.3 Å². The molecule has 0 atom stereocenters. The molecule has 31 heavy (non-hydrogen) atoms. The van der Waals surface area contributed by atoms with Crippen molar-refractivity contribution >= 4 is 28.7 Å². The Labute approximate surface area is 186 Å². The first-order chi connectivity index (χ1) is 15.2. The number of aryl methyl sites for hydroxylation is 1. The van der Waals surface area contributed by atoms with Gasteiger partial charge in [-0.1, -0.05) is 72.8 Å². The smallest absolute Gasteiger partial charge is 0.341 e. The normalized spacial score (nSPS) is 10.4. The van der Waals surface area contributed by atoms with Crippen molar-refractivity contribution in [3.63, 3.8) is 0 Å². The summed E-state index contributed by atoms with van der Waals surface area (Å²) in [5.41, 5.74) is 4.32. The molecule has 1 heterocycles. The number of carboxylic acids is 1. The highest BCUT2D eigenvalue weighted by Crippen LogP contribution is 2.30. The van der Waals surface area contributed by atoms with Crippen LogP contribution in [0, 0.1) is 0 Å². The van der Waals surface area contributed by atoms with E-state index in [1.807, 2.05) is 36.0 Å². The summed E-state index contributed by atoms with van der Waals surface area (Å²) in [6, 6.07) is 26.3. The van der Waals surface area contributed by atoms with Crippen molar-refractivity contribution in [3.05, 3.63) is 90.7 Å². The second kappa shape index (κ2) is 11.9. The van der Waals surface area contributed by atoms with Gasteiger partial charge in [0.25, 0.3) is 0 Å². The van der Waals surface area contributed by atoms with Crippen LogP contribution >= 0.6 is 11.8 Å². The fraction of sp³-hybridized carbons (Fsp3) is 0.192. The molecule has 1 aromatic heterocycles. The fourth-order valence-corrected chi connectivity index (χ4v) is 3.63. The Hall–Kier alpha value is -3.18. The molecule has 3 aromatic carbocycles. The highest BCUT2D eigenvalue weighted by molar-refractivity contribution is 7.98. The van der Waals surface area contributed by atoms with Crippen LogP contribution in [0.5, 0.6) is 5.75 Å². The summed E-state index contributed by atoms with van der Waals surface area (Å²) in [6.45, 7) is -0.360. The maximum atomic E-state index is 10.5. The van der Waals surface area contributed by atoms with Gasteiger partial charge in [0.2, 0.25) is 0 Å². The summed E-state index contributed by atoms with van der Waals surface area (Å²) in [6.07, 6.45) is 5.87. The molecule has 0 bridgehead atoms. The molecule has 0 unspecified atom stereocenters. The van der Waals surface area contributed by atoms with Gasteiger partial charge in [0.05, 0.1) is 6.26 Å². The third-order valence-corrected chi connectivity index (χ3v) is 5.37. The third kappa shape index (κ3) is 6.66. The number of aliphatic carboxylic acids is 1. The Morgan fingerprint density at radius 2 is 1.58 bits per heavy atom. The van der Waals surface area contributed by atoms with E-state index in [-0.39, 0.29) is 6.61 Å². The lowest BCUT2D eigenvalue weighted by molar-refractivity contribution is -0.139. The Kier molecular flexibility index (Phi) is 8.61. The average molecular weight is 435 g/mol. The van der Waals surface area contributed by atoms with Gasteiger partial charge in [-0.25, -0.2) is 4.79 Å². The lowest BCUT2D eigenvalue weighted by atomic mass is 10.1. The molecule has 4 rings (SSSR count). The van der Waals surface area contributed by atoms with Crippen molar-refractivity contribution in [2.75, 3.05) is 18.6 Å². The molecule has 4 aromatic rings. The number of rotatable bonds is 8. The molecule has 0 aliphatic rings. The Morgan fingerprint density at radius 3 is 2.16 bits per heavy atom. The number of hydrogen-bond acceptors (Lipinski definition) is 4. The summed E-state index contributed by atoms with van der Waals surface area (Å²) in [5.74, 6) is 0.599. The maximum absolute atomic E-state index is 10.5. The van der Waals surface area contributed by atoms with E-state index in [4.69, 9.17) is 14.3 Å². The minimum Gasteiger partial charge on any atom is -0.479 e. The van der Waals surface area contributed by atoms with Crippen molar-refractivity contribution in [2.45, 2.75) is 12.8 Å². The molecule has 0 amide bonds. The molecule has 0 fully saturated rings. The molecule has 0 saturated heterocycles. The van der Waals surface area contributed by atoms with Crippen LogP contribution in [0.15, 0.2) is 89.5 Å². The molecule has 5 heteroatoms. The third-order valence-electron chi connectivity index (χ3n) is 4.67. The minimum absolute atomic E-state index is 0.360. The molecular formula is C26H26O4S. The van der Waals surface area contributed by atoms with E-state index < -0.39 is 5.97 Å². The van der Waals surface area contributed by atoms with Gasteiger partial charge in [0, 0.05) is 5.39 Å². The quantitative estimate of drug-likeness (QED) is 0.319. The van der Waals surface area contributed by atoms with Gasteiger partial charge in [-0.15, -0.1) is 0 Å². The van der Waals surface area contributed by atoms with Crippen LogP contribution in [0.25, 0.3) is 22.1 Å². The zero-order chi connectivity index (χ0) is 21.9. The molecular weight excluding hydrogens is 408 g/mol. The van der Waals surface area contributed by atoms with Gasteiger partial charge in [0.1, 0.15) is 0 Å². The van der Waals surface area contributed by atoms with Gasteiger partial charge in [0.15, 0.2) is 17.9 Å². The number of ether oxygens (including phenoxy) is 1. The van der Waals surface area contributed by atoms with Crippen LogP contribution in [0.4, 0.5) is 0 Å². The van der Waals surface area contributed by atoms with E-state index in [0.717, 1.165) is 29.5 Å². The van der Waals surface area contributed by atoms with Crippen LogP contribution in [0.2, 0.25) is 0 Å². The molecule has 0 spiro atoms. The van der Waals surface area contributed by atoms with Crippen LogP contribution in [0.1, 0.15) is 12.0 Å². The number of carbonyl (C=O) groups is 1. The molecule has 0 aliphatic carbocycles. The van der Waals surface area contributed by atoms with Crippen molar-refractivity contribution in [1.82, 2.24) is 0 Å². The Balaban J connectivity index is 0.000000194. The first-order valence-corrected chi connectivity index (χ1v) is 11.5. The van der Waals surface area contributed by atoms with Crippen LogP contribution < -0.4 is 4.74 Å². The largest absolute Gasteiger partial charge is 0.479 e. The summed E-state index contributed by atoms with van der Waals surface area (Å²) in [5, 5.41) is 9.64. The van der Waals surface area contributed by atoms with Gasteiger partial charge in [-0.2, -0.15) is 11.8 Å². The van der Waals surface area contributed by atoms with Crippen LogP contribution in [0.3, 0.4) is 0 Å². The van der Waals surface area contributed by atoms with E-state index in [1.165, 1.54) is 11.1 Å². The standard InChI is InChI=1S/C14H16O4S.C12H10/c1-19-7-3-4-10-8-18-14-11(10)5-2-6-12(14)17-9-13(15)16;1-3-7-11(8-4-1)12-9-5-2-6-10-12/h2,5-6,8H,3-4,7,9H2,1H3,(H,15,16);1-10H. The average Bonchev–Trinajstić information content (AvgIpc) is 3.23. The number of fused-ring (bicyclic) bond motifs is 1. The second-order valence-corrected chi connectivity index (χ2v) is 7.89. The predicted molar refractivity (Wildman–Crippen MR) is 128 cm³/mol. The monoisotopic (exact) mass is 434 g/mol. The van der Waals surface area contributed by atoms with Gasteiger partial charge in [-0.05, 0) is 47.6 Å². The minimum atomic E-state index is -0.997. The van der Waals surface area contributed by atoms with Crippen molar-refractivity contribution < 1.29 is 19.1 Å². The molecule has 0 saturated carbocycles. The number of benzene rings is 3. The maximum Gasteiger partial charge on any atom is 0.341 e. The van der Waals surface area contributed by atoms with Gasteiger partial charge >= 0.3 is 5.97 Å². The predicted octanol–water partition coefficient (Wildman–Crippen LogP) is 6.55. The topological polar surface area (TPSA) is 59.7 Å². The fourth-order valence-electron chi connectivity index (χ4n) is 3.20. The number of furan rings is 1. The number of hydrogen-bond donors (Lipinski definition) is 1. The van der Waals surface area contributed by atoms with Gasteiger partial charge < -0.3 is 14.3 Å². The zero-order valence-corrected chi connectivity index (χ0v) is 18.3. The van der Waals surface area contributed by atoms with Gasteiger partial charge in [-0.3, -0.25) is 0 Å². The summed E-state index contributed by atoms with van der Waals surface area (Å²) < 4.78 is 10.7. The van der Waals surface area contributed by atoms with Crippen molar-refractivity contribution in [3.8, 4) is 16.9 Å². The van der Waals surface area contributed by atoms with E-state index in [1.54, 1.807) is 12.3 Å². The molecule has 0 radical (unpaired) electrons. The van der Waals surface area contributed by atoms with Crippen molar-refractivity contribution in [1.29, 1.82) is 0 Å². The Morgan fingerprint density at radius 1 is 0.935 bits per heavy atom. The molecule has 4 nitrogen and oxygen atoms in total. The lowest BCUT2D eigenvalue weighted by Gasteiger charge is -2.03. The number of thioether (sulfide) groups is 1. The molecule has 0 aliphatic heterocycles. The molecule has 1 N–H and O–H groups in total. The SMILES string of the molecule is CSCCCc1coc2c(OCC(=O)O)cccc12.c1ccc(-c2ccccc2)cc1. The number of para-hydroxylation sites is 1. The summed E-state index contributed by atoms with van der Waals surface area (Å²) in [4.78, 5) is 10.5. The molecule has 160 valence electrons. The highest BCUT2D eigenvalue weighted by Gasteiger charge is 2.11. The summed E-state index contributed by atoms with van der Waals surface area (Å²) >= 11 is 1.82. The number of carboxylic acid groups (broad SMARTS) is 1. The van der Waals surface area contributed by atoms with Crippen molar-refractivity contribution in [2.24, 2.45) is 0 Å². The van der Waals surface area contributed by atoms with Crippen LogP contribution in [-0.4, -0.2) is 29.7 Å².